The third-order valence-electron chi connectivity index (χ3n) is 5.21. The van der Waals surface area contributed by atoms with E-state index in [0.717, 1.165) is 12.5 Å². The van der Waals surface area contributed by atoms with Crippen LogP contribution in [0.1, 0.15) is 59.3 Å². The van der Waals surface area contributed by atoms with Crippen LogP contribution in [-0.4, -0.2) is 30.1 Å². The summed E-state index contributed by atoms with van der Waals surface area (Å²) < 4.78 is 0. The summed E-state index contributed by atoms with van der Waals surface area (Å²) in [6.45, 7) is 10.4. The van der Waals surface area contributed by atoms with Crippen molar-refractivity contribution in [2.75, 3.05) is 19.6 Å². The zero-order valence-electron chi connectivity index (χ0n) is 12.0. The zero-order valence-corrected chi connectivity index (χ0v) is 12.0. The lowest BCUT2D eigenvalue weighted by molar-refractivity contribution is 0.0599. The molecule has 0 radical (unpaired) electrons. The van der Waals surface area contributed by atoms with Crippen LogP contribution in [0, 0.1) is 11.3 Å². The second-order valence-electron chi connectivity index (χ2n) is 7.11. The van der Waals surface area contributed by atoms with Crippen LogP contribution in [-0.2, 0) is 0 Å². The van der Waals surface area contributed by atoms with Gasteiger partial charge >= 0.3 is 0 Å². The molecule has 2 aliphatic carbocycles. The van der Waals surface area contributed by atoms with Crippen molar-refractivity contribution in [3.8, 4) is 0 Å². The fourth-order valence-electron chi connectivity index (χ4n) is 3.86. The first-order chi connectivity index (χ1) is 8.01. The number of nitrogens with two attached hydrogens (primary N) is 1. The molecule has 17 heavy (non-hydrogen) atoms. The van der Waals surface area contributed by atoms with E-state index in [0.29, 0.717) is 11.0 Å². The van der Waals surface area contributed by atoms with Gasteiger partial charge in [0.25, 0.3) is 0 Å². The average molecular weight is 238 g/mol. The Bertz CT molecular complexity index is 258. The standard InChI is InChI=1S/C15H30N2/c1-4-17(10-13-6-5-7-13)15(12-16)9-8-14(2,3)11-15/h13H,4-12,16H2,1-3H3. The summed E-state index contributed by atoms with van der Waals surface area (Å²) in [7, 11) is 0. The number of rotatable bonds is 5. The predicted octanol–water partition coefficient (Wildman–Crippen LogP) is 3.02. The minimum atomic E-state index is 0.313. The van der Waals surface area contributed by atoms with Gasteiger partial charge in [-0.25, -0.2) is 0 Å². The Morgan fingerprint density at radius 1 is 1.24 bits per heavy atom. The molecule has 0 spiro atoms. The summed E-state index contributed by atoms with van der Waals surface area (Å²) >= 11 is 0. The second-order valence-corrected chi connectivity index (χ2v) is 7.11. The van der Waals surface area contributed by atoms with E-state index in [1.807, 2.05) is 0 Å². The molecule has 0 aromatic carbocycles. The van der Waals surface area contributed by atoms with Crippen molar-refractivity contribution >= 4 is 0 Å². The van der Waals surface area contributed by atoms with Crippen LogP contribution in [0.4, 0.5) is 0 Å². The minimum absolute atomic E-state index is 0.313. The topological polar surface area (TPSA) is 29.3 Å². The molecule has 1 unspecified atom stereocenters. The Morgan fingerprint density at radius 2 is 1.94 bits per heavy atom. The van der Waals surface area contributed by atoms with E-state index in [2.05, 4.69) is 25.7 Å². The van der Waals surface area contributed by atoms with E-state index in [1.54, 1.807) is 0 Å². The molecule has 0 bridgehead atoms. The highest BCUT2D eigenvalue weighted by Crippen LogP contribution is 2.46. The number of likely N-dealkylation sites (N-methyl/N-ethyl adjacent to an activating group) is 1. The van der Waals surface area contributed by atoms with Crippen molar-refractivity contribution in [3.05, 3.63) is 0 Å². The van der Waals surface area contributed by atoms with Gasteiger partial charge in [0.2, 0.25) is 0 Å². The molecule has 0 heterocycles. The van der Waals surface area contributed by atoms with E-state index in [-0.39, 0.29) is 0 Å². The van der Waals surface area contributed by atoms with Gasteiger partial charge in [0.1, 0.15) is 0 Å². The number of nitrogens with zero attached hydrogens (tertiary/aromatic N) is 1. The fourth-order valence-corrected chi connectivity index (χ4v) is 3.86. The monoisotopic (exact) mass is 238 g/mol. The lowest BCUT2D eigenvalue weighted by Crippen LogP contribution is -2.54. The Kier molecular flexibility index (Phi) is 3.84. The first-order valence-corrected chi connectivity index (χ1v) is 7.46. The van der Waals surface area contributed by atoms with Crippen molar-refractivity contribution in [1.29, 1.82) is 0 Å². The molecule has 0 aromatic heterocycles. The smallest absolute Gasteiger partial charge is 0.0337 e. The van der Waals surface area contributed by atoms with Crippen LogP contribution >= 0.6 is 0 Å². The summed E-state index contributed by atoms with van der Waals surface area (Å²) in [5.41, 5.74) is 6.97. The Hall–Kier alpha value is -0.0800. The van der Waals surface area contributed by atoms with E-state index in [9.17, 15) is 0 Å². The summed E-state index contributed by atoms with van der Waals surface area (Å²) in [4.78, 5) is 2.71. The van der Waals surface area contributed by atoms with Crippen molar-refractivity contribution < 1.29 is 0 Å². The molecule has 2 heteroatoms. The maximum atomic E-state index is 6.16. The summed E-state index contributed by atoms with van der Waals surface area (Å²) in [5, 5.41) is 0. The Morgan fingerprint density at radius 3 is 2.29 bits per heavy atom. The van der Waals surface area contributed by atoms with Gasteiger partial charge in [-0.3, -0.25) is 4.90 Å². The van der Waals surface area contributed by atoms with E-state index in [4.69, 9.17) is 5.73 Å². The molecule has 0 aromatic rings. The van der Waals surface area contributed by atoms with Crippen LogP contribution in [0.15, 0.2) is 0 Å². The zero-order chi connectivity index (χ0) is 12.5. The fraction of sp³-hybridized carbons (Fsp3) is 1.00. The quantitative estimate of drug-likeness (QED) is 0.798. The largest absolute Gasteiger partial charge is 0.329 e. The predicted molar refractivity (Wildman–Crippen MR) is 74.0 cm³/mol. The molecule has 2 N–H and O–H groups in total. The molecule has 2 nitrogen and oxygen atoms in total. The van der Waals surface area contributed by atoms with Gasteiger partial charge in [0.05, 0.1) is 0 Å². The third-order valence-corrected chi connectivity index (χ3v) is 5.21. The molecule has 0 aliphatic heterocycles. The molecular formula is C15H30N2. The first kappa shape index (κ1) is 13.4. The van der Waals surface area contributed by atoms with Gasteiger partial charge in [0, 0.05) is 18.6 Å². The Labute approximate surface area is 107 Å². The maximum Gasteiger partial charge on any atom is 0.0337 e. The van der Waals surface area contributed by atoms with Gasteiger partial charge in [-0.15, -0.1) is 0 Å². The van der Waals surface area contributed by atoms with Crippen LogP contribution in [0.2, 0.25) is 0 Å². The minimum Gasteiger partial charge on any atom is -0.329 e. The normalized spacial score (nSPS) is 33.0. The molecule has 1 atom stereocenters. The Balaban J connectivity index is 2.03. The first-order valence-electron chi connectivity index (χ1n) is 7.46. The molecule has 0 amide bonds. The van der Waals surface area contributed by atoms with E-state index >= 15 is 0 Å². The van der Waals surface area contributed by atoms with Crippen molar-refractivity contribution in [1.82, 2.24) is 4.90 Å². The lowest BCUT2D eigenvalue weighted by Gasteiger charge is -2.44. The van der Waals surface area contributed by atoms with Crippen LogP contribution in [0.3, 0.4) is 0 Å². The van der Waals surface area contributed by atoms with Gasteiger partial charge in [-0.05, 0) is 50.0 Å². The average Bonchev–Trinajstić information content (AvgIpc) is 2.54. The molecule has 2 rings (SSSR count). The molecule has 2 aliphatic rings. The van der Waals surface area contributed by atoms with Crippen LogP contribution in [0.25, 0.3) is 0 Å². The molecule has 2 saturated carbocycles. The van der Waals surface area contributed by atoms with E-state index < -0.39 is 0 Å². The molecular weight excluding hydrogens is 208 g/mol. The van der Waals surface area contributed by atoms with Crippen LogP contribution < -0.4 is 5.73 Å². The van der Waals surface area contributed by atoms with Gasteiger partial charge in [-0.1, -0.05) is 27.2 Å². The summed E-state index contributed by atoms with van der Waals surface area (Å²) in [6.07, 6.45) is 8.27. The highest BCUT2D eigenvalue weighted by atomic mass is 15.2. The number of hydrogen-bond acceptors (Lipinski definition) is 2. The van der Waals surface area contributed by atoms with E-state index in [1.165, 1.54) is 51.6 Å². The van der Waals surface area contributed by atoms with Crippen molar-refractivity contribution in [2.45, 2.75) is 64.8 Å². The van der Waals surface area contributed by atoms with Gasteiger partial charge in [-0.2, -0.15) is 0 Å². The highest BCUT2D eigenvalue weighted by molar-refractivity contribution is 5.02. The second kappa shape index (κ2) is 4.89. The van der Waals surface area contributed by atoms with Crippen molar-refractivity contribution in [2.24, 2.45) is 17.1 Å². The SMILES string of the molecule is CCN(CC1CCC1)C1(CN)CCC(C)(C)C1. The van der Waals surface area contributed by atoms with Gasteiger partial charge < -0.3 is 5.73 Å². The molecule has 2 fully saturated rings. The summed E-state index contributed by atoms with van der Waals surface area (Å²) in [6, 6.07) is 0. The van der Waals surface area contributed by atoms with Crippen molar-refractivity contribution in [3.63, 3.8) is 0 Å². The molecule has 100 valence electrons. The highest BCUT2D eigenvalue weighted by Gasteiger charge is 2.46. The lowest BCUT2D eigenvalue weighted by atomic mass is 9.82. The molecule has 0 saturated heterocycles. The van der Waals surface area contributed by atoms with Crippen LogP contribution in [0.5, 0.6) is 0 Å². The van der Waals surface area contributed by atoms with Gasteiger partial charge in [0.15, 0.2) is 0 Å². The maximum absolute atomic E-state index is 6.16. The summed E-state index contributed by atoms with van der Waals surface area (Å²) in [5.74, 6) is 0.960. The third kappa shape index (κ3) is 2.68. The number of hydrogen-bond donors (Lipinski definition) is 1.